The van der Waals surface area contributed by atoms with Crippen LogP contribution in [0.2, 0.25) is 0 Å². The second-order valence-corrected chi connectivity index (χ2v) is 10.1. The number of fused-ring (bicyclic) bond motifs is 1. The highest BCUT2D eigenvalue weighted by Crippen LogP contribution is 2.30. The van der Waals surface area contributed by atoms with E-state index in [0.717, 1.165) is 49.3 Å². The molecule has 1 aromatic heterocycles. The number of benzene rings is 2. The normalized spacial score (nSPS) is 14.9. The van der Waals surface area contributed by atoms with Crippen molar-refractivity contribution in [1.29, 1.82) is 0 Å². The van der Waals surface area contributed by atoms with Crippen LogP contribution in [0, 0.1) is 0 Å². The number of morpholine rings is 1. The summed E-state index contributed by atoms with van der Waals surface area (Å²) in [5, 5.41) is 13.0. The number of carbonyl (C=O) groups excluding carboxylic acids is 2. The van der Waals surface area contributed by atoms with E-state index in [2.05, 4.69) is 25.8 Å². The predicted molar refractivity (Wildman–Crippen MR) is 146 cm³/mol. The number of nitrogens with one attached hydrogen (secondary N) is 2. The van der Waals surface area contributed by atoms with Gasteiger partial charge in [0.1, 0.15) is 18.2 Å². The fourth-order valence-corrected chi connectivity index (χ4v) is 4.18. The Labute approximate surface area is 221 Å². The van der Waals surface area contributed by atoms with Gasteiger partial charge in [-0.05, 0) is 17.5 Å². The quantitative estimate of drug-likeness (QED) is 0.308. The molecule has 0 atom stereocenters. The number of aryl methyl sites for hydroxylation is 1. The first-order valence-electron chi connectivity index (χ1n) is 12.6. The van der Waals surface area contributed by atoms with Gasteiger partial charge in [0.05, 0.1) is 18.9 Å². The van der Waals surface area contributed by atoms with Gasteiger partial charge in [-0.1, -0.05) is 45.0 Å². The molecule has 11 nitrogen and oxygen atoms in total. The highest BCUT2D eigenvalue weighted by Gasteiger charge is 2.23. The maximum Gasteiger partial charge on any atom is 0.332 e. The monoisotopic (exact) mass is 521 g/mol. The van der Waals surface area contributed by atoms with E-state index in [-0.39, 0.29) is 11.1 Å². The Hall–Kier alpha value is -3.96. The Bertz CT molecular complexity index is 1340. The van der Waals surface area contributed by atoms with E-state index in [1.54, 1.807) is 17.8 Å². The van der Waals surface area contributed by atoms with Gasteiger partial charge in [-0.25, -0.2) is 10.2 Å². The molecule has 0 radical (unpaired) electrons. The van der Waals surface area contributed by atoms with Crippen LogP contribution in [0.15, 0.2) is 47.6 Å². The summed E-state index contributed by atoms with van der Waals surface area (Å²) in [5.74, 6) is 0.675. The molecule has 2 heterocycles. The predicted octanol–water partition coefficient (Wildman–Crippen LogP) is 2.59. The minimum atomic E-state index is -0.877. The van der Waals surface area contributed by atoms with Crippen LogP contribution in [-0.2, 0) is 22.0 Å². The zero-order valence-corrected chi connectivity index (χ0v) is 22.3. The van der Waals surface area contributed by atoms with Crippen molar-refractivity contribution in [3.8, 4) is 5.75 Å². The van der Waals surface area contributed by atoms with Gasteiger partial charge in [0.2, 0.25) is 0 Å². The molecule has 0 bridgehead atoms. The standard InChI is InChI=1S/C27H35N7O4/c1-27(2,3)22-17-23(33(4)32-22)29-25(35)24(30-31-26(28)36)20-9-10-21(19-8-6-5-7-18(19)20)38-16-13-34-11-14-37-15-12-34/h5-10,17H,11-16H2,1-4H3,(H,29,35)(H3,28,31,36). The van der Waals surface area contributed by atoms with Gasteiger partial charge in [-0.3, -0.25) is 14.4 Å². The van der Waals surface area contributed by atoms with Crippen LogP contribution in [0.25, 0.3) is 10.8 Å². The van der Waals surface area contributed by atoms with Crippen molar-refractivity contribution < 1.29 is 19.1 Å². The van der Waals surface area contributed by atoms with Crippen LogP contribution in [0.4, 0.5) is 10.6 Å². The van der Waals surface area contributed by atoms with Crippen LogP contribution in [0.3, 0.4) is 0 Å². The van der Waals surface area contributed by atoms with E-state index in [9.17, 15) is 9.59 Å². The summed E-state index contributed by atoms with van der Waals surface area (Å²) in [6.07, 6.45) is 0. The van der Waals surface area contributed by atoms with Gasteiger partial charge in [0.25, 0.3) is 5.91 Å². The van der Waals surface area contributed by atoms with Crippen LogP contribution < -0.4 is 21.2 Å². The molecular formula is C27H35N7O4. The number of carbonyl (C=O) groups is 2. The average molecular weight is 522 g/mol. The number of aromatic nitrogens is 2. The first kappa shape index (κ1) is 27.1. The van der Waals surface area contributed by atoms with Gasteiger partial charge < -0.3 is 20.5 Å². The Morgan fingerprint density at radius 1 is 1.13 bits per heavy atom. The lowest BCUT2D eigenvalue weighted by molar-refractivity contribution is -0.110. The van der Waals surface area contributed by atoms with Gasteiger partial charge in [-0.2, -0.15) is 10.2 Å². The maximum absolute atomic E-state index is 13.5. The summed E-state index contributed by atoms with van der Waals surface area (Å²) >= 11 is 0. The third kappa shape index (κ3) is 6.48. The van der Waals surface area contributed by atoms with E-state index in [0.29, 0.717) is 23.7 Å². The lowest BCUT2D eigenvalue weighted by atomic mass is 9.92. The van der Waals surface area contributed by atoms with Gasteiger partial charge in [-0.15, -0.1) is 0 Å². The van der Waals surface area contributed by atoms with Crippen molar-refractivity contribution >= 4 is 34.2 Å². The maximum atomic E-state index is 13.5. The lowest BCUT2D eigenvalue weighted by Crippen LogP contribution is -2.38. The average Bonchev–Trinajstić information content (AvgIpc) is 3.26. The number of hydrazone groups is 1. The summed E-state index contributed by atoms with van der Waals surface area (Å²) in [5.41, 5.74) is 8.62. The van der Waals surface area contributed by atoms with Crippen molar-refractivity contribution in [2.24, 2.45) is 17.9 Å². The van der Waals surface area contributed by atoms with E-state index < -0.39 is 11.9 Å². The summed E-state index contributed by atoms with van der Waals surface area (Å²) in [6, 6.07) is 12.1. The molecular weight excluding hydrogens is 486 g/mol. The smallest absolute Gasteiger partial charge is 0.332 e. The lowest BCUT2D eigenvalue weighted by Gasteiger charge is -2.26. The van der Waals surface area contributed by atoms with Crippen molar-refractivity contribution in [2.75, 3.05) is 44.8 Å². The molecule has 11 heteroatoms. The third-order valence-electron chi connectivity index (χ3n) is 6.29. The number of anilines is 1. The van der Waals surface area contributed by atoms with Gasteiger partial charge in [0, 0.05) is 49.1 Å². The van der Waals surface area contributed by atoms with E-state index in [1.807, 2.05) is 57.2 Å². The zero-order valence-electron chi connectivity index (χ0n) is 22.3. The fourth-order valence-electron chi connectivity index (χ4n) is 4.18. The topological polar surface area (TPSA) is 136 Å². The van der Waals surface area contributed by atoms with Crippen molar-refractivity contribution in [2.45, 2.75) is 26.2 Å². The molecule has 0 saturated carbocycles. The van der Waals surface area contributed by atoms with Gasteiger partial charge in [0.15, 0.2) is 5.71 Å². The van der Waals surface area contributed by atoms with E-state index in [4.69, 9.17) is 15.2 Å². The van der Waals surface area contributed by atoms with Crippen LogP contribution in [0.5, 0.6) is 5.75 Å². The third-order valence-corrected chi connectivity index (χ3v) is 6.29. The number of ether oxygens (including phenoxy) is 2. The first-order valence-corrected chi connectivity index (χ1v) is 12.6. The molecule has 4 N–H and O–H groups in total. The number of hydrogen-bond acceptors (Lipinski definition) is 7. The Morgan fingerprint density at radius 3 is 2.50 bits per heavy atom. The van der Waals surface area contributed by atoms with Crippen LogP contribution in [-0.4, -0.2) is 71.8 Å². The molecule has 0 aliphatic carbocycles. The number of primary amides is 1. The minimum absolute atomic E-state index is 0.00150. The number of hydrogen-bond donors (Lipinski definition) is 3. The molecule has 1 saturated heterocycles. The Balaban J connectivity index is 1.62. The second kappa shape index (κ2) is 11.6. The molecule has 1 aliphatic heterocycles. The fraction of sp³-hybridized carbons (Fsp3) is 0.407. The number of nitrogens with two attached hydrogens (primary N) is 1. The Morgan fingerprint density at radius 2 is 1.84 bits per heavy atom. The van der Waals surface area contributed by atoms with Crippen LogP contribution in [0.1, 0.15) is 32.0 Å². The van der Waals surface area contributed by atoms with E-state index in [1.165, 1.54) is 0 Å². The largest absolute Gasteiger partial charge is 0.492 e. The van der Waals surface area contributed by atoms with Crippen LogP contribution >= 0.6 is 0 Å². The summed E-state index contributed by atoms with van der Waals surface area (Å²) in [7, 11) is 1.75. The SMILES string of the molecule is Cn1nc(C(C)(C)C)cc1NC(=O)C(=NNC(N)=O)c1ccc(OCCN2CCOCC2)c2ccccc12. The number of amides is 3. The summed E-state index contributed by atoms with van der Waals surface area (Å²) in [6.45, 7) is 10.7. The molecule has 0 spiro atoms. The summed E-state index contributed by atoms with van der Waals surface area (Å²) in [4.78, 5) is 27.3. The number of nitrogens with zero attached hydrogens (tertiary/aromatic N) is 4. The Kier molecular flexibility index (Phi) is 8.28. The number of urea groups is 1. The molecule has 202 valence electrons. The number of rotatable bonds is 8. The van der Waals surface area contributed by atoms with Crippen molar-refractivity contribution in [3.05, 3.63) is 53.7 Å². The molecule has 3 aromatic rings. The van der Waals surface area contributed by atoms with Gasteiger partial charge >= 0.3 is 6.03 Å². The molecule has 3 amide bonds. The molecule has 0 unspecified atom stereocenters. The summed E-state index contributed by atoms with van der Waals surface area (Å²) < 4.78 is 13.1. The minimum Gasteiger partial charge on any atom is -0.492 e. The molecule has 1 aliphatic rings. The highest BCUT2D eigenvalue weighted by atomic mass is 16.5. The first-order chi connectivity index (χ1) is 18.1. The molecule has 2 aromatic carbocycles. The molecule has 1 fully saturated rings. The molecule has 4 rings (SSSR count). The molecule has 38 heavy (non-hydrogen) atoms. The zero-order chi connectivity index (χ0) is 27.3. The van der Waals surface area contributed by atoms with Crippen molar-refractivity contribution in [3.63, 3.8) is 0 Å². The van der Waals surface area contributed by atoms with Crippen molar-refractivity contribution in [1.82, 2.24) is 20.1 Å². The highest BCUT2D eigenvalue weighted by molar-refractivity contribution is 6.50. The second-order valence-electron chi connectivity index (χ2n) is 10.1. The van der Waals surface area contributed by atoms with E-state index >= 15 is 0 Å².